The van der Waals surface area contributed by atoms with Crippen LogP contribution in [0.4, 0.5) is 0 Å². The van der Waals surface area contributed by atoms with Crippen LogP contribution in [0.25, 0.3) is 0 Å². The van der Waals surface area contributed by atoms with Crippen LogP contribution in [-0.2, 0) is 0 Å². The molecule has 0 saturated heterocycles. The highest BCUT2D eigenvalue weighted by atomic mass is 32.1. The number of rotatable bonds is 4. The summed E-state index contributed by atoms with van der Waals surface area (Å²) >= 11 is 1.86. The lowest BCUT2D eigenvalue weighted by molar-refractivity contribution is 0.332. The van der Waals surface area contributed by atoms with E-state index in [1.165, 1.54) is 43.5 Å². The van der Waals surface area contributed by atoms with Gasteiger partial charge < -0.3 is 5.32 Å². The fourth-order valence-electron chi connectivity index (χ4n) is 2.37. The molecule has 0 radical (unpaired) electrons. The van der Waals surface area contributed by atoms with Gasteiger partial charge in [0.05, 0.1) is 0 Å². The van der Waals surface area contributed by atoms with E-state index in [2.05, 4.69) is 29.8 Å². The maximum absolute atomic E-state index is 3.67. The fraction of sp³-hybridized carbons (Fsp3) is 0.692. The molecule has 1 aromatic rings. The predicted octanol–water partition coefficient (Wildman–Crippen LogP) is 3.98. The minimum atomic E-state index is 0.534. The summed E-state index contributed by atoms with van der Waals surface area (Å²) in [5.41, 5.74) is 0. The lowest BCUT2D eigenvalue weighted by Crippen LogP contribution is -2.26. The first-order chi connectivity index (χ1) is 7.36. The van der Waals surface area contributed by atoms with E-state index in [0.29, 0.717) is 6.04 Å². The Kier molecular flexibility index (Phi) is 4.21. The summed E-state index contributed by atoms with van der Waals surface area (Å²) in [6.45, 7) is 3.48. The summed E-state index contributed by atoms with van der Waals surface area (Å²) in [5.74, 6) is 0.932. The molecule has 1 aliphatic carbocycles. The average Bonchev–Trinajstić information content (AvgIpc) is 2.81. The van der Waals surface area contributed by atoms with E-state index in [-0.39, 0.29) is 0 Å². The second kappa shape index (κ2) is 5.66. The Morgan fingerprint density at radius 2 is 2.20 bits per heavy atom. The van der Waals surface area contributed by atoms with Gasteiger partial charge in [-0.2, -0.15) is 0 Å². The van der Waals surface area contributed by atoms with Crippen molar-refractivity contribution in [2.75, 3.05) is 6.54 Å². The Hall–Kier alpha value is -0.340. The van der Waals surface area contributed by atoms with E-state index < -0.39 is 0 Å². The Morgan fingerprint density at radius 3 is 2.87 bits per heavy atom. The van der Waals surface area contributed by atoms with Crippen LogP contribution in [0.5, 0.6) is 0 Å². The van der Waals surface area contributed by atoms with Crippen LogP contribution in [-0.4, -0.2) is 6.54 Å². The first kappa shape index (κ1) is 11.2. The largest absolute Gasteiger partial charge is 0.309 e. The van der Waals surface area contributed by atoms with E-state index in [1.807, 2.05) is 11.3 Å². The molecular weight excluding hydrogens is 202 g/mol. The molecule has 84 valence electrons. The molecule has 1 heterocycles. The van der Waals surface area contributed by atoms with Crippen molar-refractivity contribution in [1.82, 2.24) is 5.32 Å². The highest BCUT2D eigenvalue weighted by molar-refractivity contribution is 7.10. The molecule has 1 aromatic heterocycles. The monoisotopic (exact) mass is 223 g/mol. The van der Waals surface area contributed by atoms with Crippen LogP contribution in [0.15, 0.2) is 17.5 Å². The first-order valence-electron chi connectivity index (χ1n) is 6.13. The Morgan fingerprint density at radius 1 is 1.40 bits per heavy atom. The Balaban J connectivity index is 1.73. The van der Waals surface area contributed by atoms with Crippen LogP contribution >= 0.6 is 11.3 Å². The van der Waals surface area contributed by atoms with E-state index >= 15 is 0 Å². The van der Waals surface area contributed by atoms with Gasteiger partial charge in [-0.3, -0.25) is 0 Å². The first-order valence-corrected chi connectivity index (χ1v) is 7.01. The fourth-order valence-corrected chi connectivity index (χ4v) is 3.13. The van der Waals surface area contributed by atoms with Crippen LogP contribution in [0, 0.1) is 5.92 Å². The van der Waals surface area contributed by atoms with Crippen LogP contribution in [0.1, 0.15) is 49.9 Å². The molecule has 0 aromatic carbocycles. The van der Waals surface area contributed by atoms with E-state index in [4.69, 9.17) is 0 Å². The van der Waals surface area contributed by atoms with Crippen molar-refractivity contribution < 1.29 is 0 Å². The minimum absolute atomic E-state index is 0.534. The lowest BCUT2D eigenvalue weighted by atomic mass is 9.89. The highest BCUT2D eigenvalue weighted by Gasteiger charge is 2.14. The van der Waals surface area contributed by atoms with E-state index in [0.717, 1.165) is 5.92 Å². The molecule has 15 heavy (non-hydrogen) atoms. The van der Waals surface area contributed by atoms with Gasteiger partial charge in [0.25, 0.3) is 0 Å². The molecule has 1 fully saturated rings. The minimum Gasteiger partial charge on any atom is -0.309 e. The zero-order chi connectivity index (χ0) is 10.5. The molecule has 0 amide bonds. The van der Waals surface area contributed by atoms with Crippen LogP contribution in [0.3, 0.4) is 0 Å². The van der Waals surface area contributed by atoms with Gasteiger partial charge >= 0.3 is 0 Å². The summed E-state index contributed by atoms with van der Waals surface area (Å²) in [5, 5.41) is 5.83. The smallest absolute Gasteiger partial charge is 0.0386 e. The SMILES string of the molecule is C[C@@H](NCC1CCCCC1)c1cccs1. The molecule has 0 unspecified atom stereocenters. The number of thiophene rings is 1. The van der Waals surface area contributed by atoms with Crippen molar-refractivity contribution in [3.63, 3.8) is 0 Å². The number of hydrogen-bond acceptors (Lipinski definition) is 2. The molecule has 1 atom stereocenters. The van der Waals surface area contributed by atoms with Crippen molar-refractivity contribution in [3.8, 4) is 0 Å². The van der Waals surface area contributed by atoms with Gasteiger partial charge in [0.1, 0.15) is 0 Å². The molecule has 1 nitrogen and oxygen atoms in total. The molecule has 0 aliphatic heterocycles. The zero-order valence-corrected chi connectivity index (χ0v) is 10.4. The van der Waals surface area contributed by atoms with E-state index in [9.17, 15) is 0 Å². The third kappa shape index (κ3) is 3.32. The Bertz CT molecular complexity index is 262. The van der Waals surface area contributed by atoms with Crippen molar-refractivity contribution in [3.05, 3.63) is 22.4 Å². The normalized spacial score (nSPS) is 20.3. The second-order valence-corrected chi connectivity index (χ2v) is 5.63. The summed E-state index contributed by atoms with van der Waals surface area (Å²) < 4.78 is 0. The highest BCUT2D eigenvalue weighted by Crippen LogP contribution is 2.24. The lowest BCUT2D eigenvalue weighted by Gasteiger charge is -2.23. The van der Waals surface area contributed by atoms with Gasteiger partial charge in [-0.25, -0.2) is 0 Å². The number of nitrogens with one attached hydrogen (secondary N) is 1. The Labute approximate surface area is 96.9 Å². The van der Waals surface area contributed by atoms with Gasteiger partial charge in [-0.05, 0) is 43.7 Å². The topological polar surface area (TPSA) is 12.0 Å². The van der Waals surface area contributed by atoms with Crippen molar-refractivity contribution >= 4 is 11.3 Å². The van der Waals surface area contributed by atoms with Crippen molar-refractivity contribution in [2.45, 2.75) is 45.1 Å². The predicted molar refractivity (Wildman–Crippen MR) is 67.3 cm³/mol. The summed E-state index contributed by atoms with van der Waals surface area (Å²) in [7, 11) is 0. The van der Waals surface area contributed by atoms with Gasteiger partial charge in [0.15, 0.2) is 0 Å². The third-order valence-corrected chi connectivity index (χ3v) is 4.46. The maximum atomic E-state index is 3.67. The molecule has 0 spiro atoms. The quantitative estimate of drug-likeness (QED) is 0.814. The van der Waals surface area contributed by atoms with Crippen LogP contribution in [0.2, 0.25) is 0 Å². The maximum Gasteiger partial charge on any atom is 0.0386 e. The second-order valence-electron chi connectivity index (χ2n) is 4.65. The van der Waals surface area contributed by atoms with Gasteiger partial charge in [0.2, 0.25) is 0 Å². The number of hydrogen-bond donors (Lipinski definition) is 1. The molecule has 2 heteroatoms. The third-order valence-electron chi connectivity index (χ3n) is 3.41. The summed E-state index contributed by atoms with van der Waals surface area (Å²) in [6, 6.07) is 4.90. The molecular formula is C13H21NS. The standard InChI is InChI=1S/C13H21NS/c1-11(13-8-5-9-15-13)14-10-12-6-3-2-4-7-12/h5,8-9,11-12,14H,2-4,6-7,10H2,1H3/t11-/m1/s1. The van der Waals surface area contributed by atoms with Gasteiger partial charge in [-0.15, -0.1) is 11.3 Å². The molecule has 0 bridgehead atoms. The van der Waals surface area contributed by atoms with Crippen LogP contribution < -0.4 is 5.32 Å². The van der Waals surface area contributed by atoms with Crippen molar-refractivity contribution in [2.24, 2.45) is 5.92 Å². The zero-order valence-electron chi connectivity index (χ0n) is 9.54. The molecule has 1 saturated carbocycles. The summed E-state index contributed by atoms with van der Waals surface area (Å²) in [4.78, 5) is 1.46. The molecule has 2 rings (SSSR count). The van der Waals surface area contributed by atoms with E-state index in [1.54, 1.807) is 0 Å². The molecule has 1 aliphatic rings. The van der Waals surface area contributed by atoms with Crippen molar-refractivity contribution in [1.29, 1.82) is 0 Å². The average molecular weight is 223 g/mol. The van der Waals surface area contributed by atoms with Gasteiger partial charge in [-0.1, -0.05) is 25.3 Å². The molecule has 1 N–H and O–H groups in total. The van der Waals surface area contributed by atoms with Gasteiger partial charge in [0, 0.05) is 10.9 Å². The summed E-state index contributed by atoms with van der Waals surface area (Å²) in [6.07, 6.45) is 7.21.